The van der Waals surface area contributed by atoms with E-state index in [0.29, 0.717) is 26.1 Å². The molecule has 1 aliphatic heterocycles. The number of nitrogens with two attached hydrogens (primary N) is 1. The predicted molar refractivity (Wildman–Crippen MR) is 74.1 cm³/mol. The van der Waals surface area contributed by atoms with Crippen molar-refractivity contribution in [1.29, 1.82) is 0 Å². The zero-order valence-electron chi connectivity index (χ0n) is 11.5. The molecule has 2 heterocycles. The molecule has 2 amide bonds. The van der Waals surface area contributed by atoms with Gasteiger partial charge < -0.3 is 20.4 Å². The Morgan fingerprint density at radius 2 is 2.30 bits per heavy atom. The van der Waals surface area contributed by atoms with Crippen molar-refractivity contribution in [2.45, 2.75) is 31.7 Å². The number of carbonyl (C=O) groups is 2. The van der Waals surface area contributed by atoms with Crippen LogP contribution in [0.1, 0.15) is 36.2 Å². The van der Waals surface area contributed by atoms with Gasteiger partial charge in [-0.15, -0.1) is 0 Å². The molecule has 6 nitrogen and oxygen atoms in total. The Morgan fingerprint density at radius 1 is 1.45 bits per heavy atom. The Hall–Kier alpha value is -1.82. The number of carbonyl (C=O) groups excluding carboxylic acids is 2. The second kappa shape index (κ2) is 7.09. The first-order chi connectivity index (χ1) is 9.74. The van der Waals surface area contributed by atoms with E-state index in [1.165, 1.54) is 6.26 Å². The maximum Gasteiger partial charge on any atom is 0.290 e. The summed E-state index contributed by atoms with van der Waals surface area (Å²) in [6.07, 6.45) is 4.77. The lowest BCUT2D eigenvalue weighted by molar-refractivity contribution is -0.126. The molecule has 0 bridgehead atoms. The van der Waals surface area contributed by atoms with Crippen molar-refractivity contribution >= 4 is 11.8 Å². The lowest BCUT2D eigenvalue weighted by atomic mass is 10.0. The quantitative estimate of drug-likeness (QED) is 0.778. The van der Waals surface area contributed by atoms with Gasteiger partial charge in [0, 0.05) is 13.1 Å². The van der Waals surface area contributed by atoms with Crippen LogP contribution >= 0.6 is 0 Å². The number of likely N-dealkylation sites (tertiary alicyclic amines) is 1. The van der Waals surface area contributed by atoms with Crippen LogP contribution in [0.2, 0.25) is 0 Å². The van der Waals surface area contributed by atoms with E-state index in [1.807, 2.05) is 0 Å². The minimum absolute atomic E-state index is 0.0990. The molecule has 0 aromatic carbocycles. The fraction of sp³-hybridized carbons (Fsp3) is 0.571. The first-order valence-electron chi connectivity index (χ1n) is 7.06. The van der Waals surface area contributed by atoms with Gasteiger partial charge >= 0.3 is 0 Å². The molecule has 2 rings (SSSR count). The molecule has 1 unspecified atom stereocenters. The highest BCUT2D eigenvalue weighted by molar-refractivity contribution is 5.95. The van der Waals surface area contributed by atoms with Crippen LogP contribution in [-0.4, -0.2) is 42.4 Å². The van der Waals surface area contributed by atoms with Crippen LogP contribution in [0.15, 0.2) is 22.8 Å². The molecule has 1 atom stereocenters. The van der Waals surface area contributed by atoms with Crippen molar-refractivity contribution in [2.75, 3.05) is 19.6 Å². The highest BCUT2D eigenvalue weighted by Gasteiger charge is 2.33. The van der Waals surface area contributed by atoms with Crippen LogP contribution in [0.25, 0.3) is 0 Å². The van der Waals surface area contributed by atoms with Gasteiger partial charge in [0.2, 0.25) is 5.91 Å². The normalized spacial score (nSPS) is 18.9. The third kappa shape index (κ3) is 3.39. The highest BCUT2D eigenvalue weighted by Crippen LogP contribution is 2.20. The summed E-state index contributed by atoms with van der Waals surface area (Å²) in [5.74, 6) is -0.0293. The van der Waals surface area contributed by atoms with Gasteiger partial charge in [0.05, 0.1) is 6.26 Å². The summed E-state index contributed by atoms with van der Waals surface area (Å²) in [5, 5.41) is 2.84. The van der Waals surface area contributed by atoms with Crippen LogP contribution in [0.5, 0.6) is 0 Å². The number of hydrogen-bond donors (Lipinski definition) is 2. The van der Waals surface area contributed by atoms with Gasteiger partial charge in [0.1, 0.15) is 6.04 Å². The first kappa shape index (κ1) is 14.6. The van der Waals surface area contributed by atoms with E-state index in [0.717, 1.165) is 19.3 Å². The minimum Gasteiger partial charge on any atom is -0.459 e. The van der Waals surface area contributed by atoms with Crippen molar-refractivity contribution in [3.63, 3.8) is 0 Å². The Bertz CT molecular complexity index is 445. The van der Waals surface area contributed by atoms with Gasteiger partial charge in [-0.1, -0.05) is 0 Å². The topological polar surface area (TPSA) is 88.6 Å². The van der Waals surface area contributed by atoms with Gasteiger partial charge in [-0.05, 0) is 44.4 Å². The fourth-order valence-electron chi connectivity index (χ4n) is 2.42. The summed E-state index contributed by atoms with van der Waals surface area (Å²) in [6.45, 7) is 1.68. The zero-order chi connectivity index (χ0) is 14.4. The van der Waals surface area contributed by atoms with Gasteiger partial charge in [0.25, 0.3) is 5.91 Å². The molecule has 1 aromatic rings. The molecule has 1 saturated heterocycles. The summed E-state index contributed by atoms with van der Waals surface area (Å²) in [4.78, 5) is 26.1. The molecule has 1 aromatic heterocycles. The summed E-state index contributed by atoms with van der Waals surface area (Å²) in [5.41, 5.74) is 5.40. The minimum atomic E-state index is -0.404. The Labute approximate surface area is 118 Å². The second-order valence-corrected chi connectivity index (χ2v) is 4.92. The molecule has 6 heteroatoms. The molecular weight excluding hydrogens is 258 g/mol. The SMILES string of the molecule is NCCCNC(=O)C1CCCCN1C(=O)c1ccco1. The van der Waals surface area contributed by atoms with Crippen molar-refractivity contribution in [1.82, 2.24) is 10.2 Å². The standard InChI is InChI=1S/C14H21N3O3/c15-7-4-8-16-13(18)11-5-1-2-9-17(11)14(19)12-6-3-10-20-12/h3,6,10-11H,1-2,4-5,7-9,15H2,(H,16,18). The van der Waals surface area contributed by atoms with E-state index in [9.17, 15) is 9.59 Å². The molecule has 20 heavy (non-hydrogen) atoms. The van der Waals surface area contributed by atoms with E-state index in [-0.39, 0.29) is 17.6 Å². The zero-order valence-corrected chi connectivity index (χ0v) is 11.5. The maximum absolute atomic E-state index is 12.3. The smallest absolute Gasteiger partial charge is 0.290 e. The highest BCUT2D eigenvalue weighted by atomic mass is 16.3. The van der Waals surface area contributed by atoms with E-state index in [4.69, 9.17) is 10.2 Å². The monoisotopic (exact) mass is 279 g/mol. The summed E-state index contributed by atoms with van der Waals surface area (Å²) >= 11 is 0. The van der Waals surface area contributed by atoms with Crippen LogP contribution in [0, 0.1) is 0 Å². The lowest BCUT2D eigenvalue weighted by Gasteiger charge is -2.34. The Kier molecular flexibility index (Phi) is 5.17. The number of hydrogen-bond acceptors (Lipinski definition) is 4. The summed E-state index contributed by atoms with van der Waals surface area (Å²) in [6, 6.07) is 2.90. The van der Waals surface area contributed by atoms with E-state index in [2.05, 4.69) is 5.32 Å². The number of nitrogens with one attached hydrogen (secondary N) is 1. The third-order valence-electron chi connectivity index (χ3n) is 3.48. The maximum atomic E-state index is 12.3. The first-order valence-corrected chi connectivity index (χ1v) is 7.06. The van der Waals surface area contributed by atoms with E-state index >= 15 is 0 Å². The Balaban J connectivity index is 2.01. The average Bonchev–Trinajstić information content (AvgIpc) is 3.01. The van der Waals surface area contributed by atoms with Crippen molar-refractivity contribution < 1.29 is 14.0 Å². The average molecular weight is 279 g/mol. The molecule has 1 aliphatic rings. The number of piperidine rings is 1. The molecule has 3 N–H and O–H groups in total. The molecule has 0 spiro atoms. The molecule has 110 valence electrons. The molecule has 0 saturated carbocycles. The molecule has 0 aliphatic carbocycles. The number of amides is 2. The van der Waals surface area contributed by atoms with Crippen LogP contribution in [-0.2, 0) is 4.79 Å². The number of rotatable bonds is 5. The number of nitrogens with zero attached hydrogens (tertiary/aromatic N) is 1. The second-order valence-electron chi connectivity index (χ2n) is 4.92. The fourth-order valence-corrected chi connectivity index (χ4v) is 2.42. The van der Waals surface area contributed by atoms with E-state index < -0.39 is 6.04 Å². The molecule has 1 fully saturated rings. The van der Waals surface area contributed by atoms with Crippen molar-refractivity contribution in [2.24, 2.45) is 5.73 Å². The predicted octanol–water partition coefficient (Wildman–Crippen LogP) is 0.739. The van der Waals surface area contributed by atoms with Gasteiger partial charge in [-0.25, -0.2) is 0 Å². The van der Waals surface area contributed by atoms with Crippen molar-refractivity contribution in [3.05, 3.63) is 24.2 Å². The third-order valence-corrected chi connectivity index (χ3v) is 3.48. The number of furan rings is 1. The Morgan fingerprint density at radius 3 is 3.00 bits per heavy atom. The van der Waals surface area contributed by atoms with Gasteiger partial charge in [-0.2, -0.15) is 0 Å². The summed E-state index contributed by atoms with van der Waals surface area (Å²) in [7, 11) is 0. The van der Waals surface area contributed by atoms with E-state index in [1.54, 1.807) is 17.0 Å². The van der Waals surface area contributed by atoms with Crippen LogP contribution in [0.4, 0.5) is 0 Å². The lowest BCUT2D eigenvalue weighted by Crippen LogP contribution is -2.52. The molecule has 0 radical (unpaired) electrons. The largest absolute Gasteiger partial charge is 0.459 e. The van der Waals surface area contributed by atoms with Crippen LogP contribution < -0.4 is 11.1 Å². The van der Waals surface area contributed by atoms with Gasteiger partial charge in [-0.3, -0.25) is 9.59 Å². The van der Waals surface area contributed by atoms with Crippen molar-refractivity contribution in [3.8, 4) is 0 Å². The summed E-state index contributed by atoms with van der Waals surface area (Å²) < 4.78 is 5.14. The molecular formula is C14H21N3O3. The van der Waals surface area contributed by atoms with Gasteiger partial charge in [0.15, 0.2) is 5.76 Å². The van der Waals surface area contributed by atoms with Crippen LogP contribution in [0.3, 0.4) is 0 Å².